The number of benzene rings is 2. The third-order valence-electron chi connectivity index (χ3n) is 5.90. The Labute approximate surface area is 183 Å². The summed E-state index contributed by atoms with van der Waals surface area (Å²) in [6.07, 6.45) is 3.24. The first-order valence-electron chi connectivity index (χ1n) is 10.4. The zero-order valence-corrected chi connectivity index (χ0v) is 17.2. The van der Waals surface area contributed by atoms with E-state index in [1.54, 1.807) is 18.3 Å². The number of aromatic nitrogens is 2. The van der Waals surface area contributed by atoms with Gasteiger partial charge < -0.3 is 25.9 Å². The zero-order chi connectivity index (χ0) is 22.2. The average molecular weight is 430 g/mol. The van der Waals surface area contributed by atoms with Gasteiger partial charge in [0.05, 0.1) is 16.8 Å². The van der Waals surface area contributed by atoms with Crippen molar-refractivity contribution in [3.05, 3.63) is 59.9 Å². The summed E-state index contributed by atoms with van der Waals surface area (Å²) in [5.74, 6) is -1.60. The number of H-pyrrole nitrogens is 1. The van der Waals surface area contributed by atoms with Gasteiger partial charge in [0.25, 0.3) is 5.91 Å². The number of nitrogens with two attached hydrogens (primary N) is 1. The summed E-state index contributed by atoms with van der Waals surface area (Å²) < 4.78 is 5.42. The number of fused-ring (bicyclic) bond motifs is 3. The first-order valence-corrected chi connectivity index (χ1v) is 10.4. The Morgan fingerprint density at radius 3 is 2.69 bits per heavy atom. The highest BCUT2D eigenvalue weighted by molar-refractivity contribution is 6.19. The minimum atomic E-state index is -0.990. The number of aromatic carboxylic acids is 1. The Morgan fingerprint density at radius 2 is 1.94 bits per heavy atom. The molecule has 0 unspecified atom stereocenters. The summed E-state index contributed by atoms with van der Waals surface area (Å²) in [6.45, 7) is 1.31. The van der Waals surface area contributed by atoms with Crippen LogP contribution < -0.4 is 11.1 Å². The number of carbonyl (C=O) groups excluding carboxylic acids is 1. The predicted octanol–water partition coefficient (Wildman–Crippen LogP) is 3.77. The molecule has 0 atom stereocenters. The molecule has 2 aromatic carbocycles. The molecular weight excluding hydrogens is 408 g/mol. The van der Waals surface area contributed by atoms with E-state index in [1.807, 2.05) is 30.3 Å². The lowest BCUT2D eigenvalue weighted by Gasteiger charge is -2.25. The van der Waals surface area contributed by atoms with E-state index in [0.717, 1.165) is 34.9 Å². The van der Waals surface area contributed by atoms with E-state index < -0.39 is 11.9 Å². The van der Waals surface area contributed by atoms with Crippen molar-refractivity contribution in [2.75, 3.05) is 18.5 Å². The van der Waals surface area contributed by atoms with Crippen LogP contribution in [0, 0.1) is 0 Å². The van der Waals surface area contributed by atoms with Crippen LogP contribution >= 0.6 is 0 Å². The van der Waals surface area contributed by atoms with Gasteiger partial charge in [-0.3, -0.25) is 4.79 Å². The van der Waals surface area contributed by atoms with Crippen LogP contribution in [-0.2, 0) is 4.74 Å². The van der Waals surface area contributed by atoms with Gasteiger partial charge in [0, 0.05) is 52.9 Å². The monoisotopic (exact) mass is 430 g/mol. The molecule has 0 saturated carbocycles. The summed E-state index contributed by atoms with van der Waals surface area (Å²) in [6, 6.07) is 13.0. The van der Waals surface area contributed by atoms with Crippen molar-refractivity contribution in [2.45, 2.75) is 18.9 Å². The molecule has 8 heteroatoms. The lowest BCUT2D eigenvalue weighted by Crippen LogP contribution is -2.29. The van der Waals surface area contributed by atoms with Gasteiger partial charge in [-0.1, -0.05) is 24.3 Å². The molecule has 0 aliphatic carbocycles. The van der Waals surface area contributed by atoms with E-state index in [0.29, 0.717) is 29.8 Å². The first kappa shape index (κ1) is 20.0. The van der Waals surface area contributed by atoms with Crippen molar-refractivity contribution < 1.29 is 19.4 Å². The highest BCUT2D eigenvalue weighted by atomic mass is 16.5. The fourth-order valence-corrected chi connectivity index (χ4v) is 4.36. The van der Waals surface area contributed by atoms with E-state index in [4.69, 9.17) is 10.5 Å². The molecule has 1 aliphatic heterocycles. The van der Waals surface area contributed by atoms with Crippen LogP contribution in [0.4, 0.5) is 5.69 Å². The van der Waals surface area contributed by atoms with Crippen LogP contribution in [0.2, 0.25) is 0 Å². The predicted molar refractivity (Wildman–Crippen MR) is 122 cm³/mol. The number of carboxylic acids is 1. The van der Waals surface area contributed by atoms with Crippen molar-refractivity contribution in [1.82, 2.24) is 9.97 Å². The standard InChI is InChI=1S/C24H22N4O4/c25-23(29)22-19(27-14-7-9-32-10-8-14)11-13(12-26-22)15-5-6-17(24(30)31)20-16-3-1-2-4-18(16)28-21(15)20/h1-6,11-12,14,27-28H,7-10H2,(H2,25,29)(H,30,31). The summed E-state index contributed by atoms with van der Waals surface area (Å²) in [4.78, 5) is 31.6. The SMILES string of the molecule is NC(=O)c1ncc(-c2ccc(C(=O)O)c3c2[nH]c2ccccc23)cc1NC1CCOCC1. The third kappa shape index (κ3) is 3.44. The summed E-state index contributed by atoms with van der Waals surface area (Å²) in [7, 11) is 0. The fraction of sp³-hybridized carbons (Fsp3) is 0.208. The summed E-state index contributed by atoms with van der Waals surface area (Å²) in [5.41, 5.74) is 9.62. The second-order valence-corrected chi connectivity index (χ2v) is 7.90. The smallest absolute Gasteiger partial charge is 0.336 e. The van der Waals surface area contributed by atoms with E-state index in [2.05, 4.69) is 15.3 Å². The van der Waals surface area contributed by atoms with Crippen LogP contribution in [-0.4, -0.2) is 46.2 Å². The van der Waals surface area contributed by atoms with Crippen LogP contribution in [0.5, 0.6) is 0 Å². The molecule has 0 spiro atoms. The highest BCUT2D eigenvalue weighted by Crippen LogP contribution is 2.36. The fourth-order valence-electron chi connectivity index (χ4n) is 4.36. The van der Waals surface area contributed by atoms with Crippen molar-refractivity contribution >= 4 is 39.4 Å². The van der Waals surface area contributed by atoms with Crippen molar-refractivity contribution in [3.63, 3.8) is 0 Å². The van der Waals surface area contributed by atoms with Crippen molar-refractivity contribution in [3.8, 4) is 11.1 Å². The van der Waals surface area contributed by atoms with E-state index in [1.165, 1.54) is 0 Å². The number of pyridine rings is 1. The molecule has 0 bridgehead atoms. The Hall–Kier alpha value is -3.91. The maximum atomic E-state index is 12.0. The first-order chi connectivity index (χ1) is 15.5. The molecule has 1 aliphatic rings. The Balaban J connectivity index is 1.68. The summed E-state index contributed by atoms with van der Waals surface area (Å²) >= 11 is 0. The molecule has 1 fully saturated rings. The molecule has 0 radical (unpaired) electrons. The molecule has 32 heavy (non-hydrogen) atoms. The van der Waals surface area contributed by atoms with E-state index in [-0.39, 0.29) is 17.3 Å². The number of ether oxygens (including phenoxy) is 1. The van der Waals surface area contributed by atoms with Gasteiger partial charge in [0.2, 0.25) is 0 Å². The molecule has 3 heterocycles. The maximum Gasteiger partial charge on any atom is 0.336 e. The Kier molecular flexibility index (Phi) is 4.99. The van der Waals surface area contributed by atoms with Gasteiger partial charge in [-0.05, 0) is 31.0 Å². The van der Waals surface area contributed by atoms with Crippen LogP contribution in [0.1, 0.15) is 33.7 Å². The number of rotatable bonds is 5. The Bertz CT molecular complexity index is 1360. The molecule has 8 nitrogen and oxygen atoms in total. The molecule has 2 aromatic heterocycles. The largest absolute Gasteiger partial charge is 0.478 e. The quantitative estimate of drug-likeness (QED) is 0.381. The van der Waals surface area contributed by atoms with Gasteiger partial charge in [-0.15, -0.1) is 0 Å². The lowest BCUT2D eigenvalue weighted by atomic mass is 9.98. The van der Waals surface area contributed by atoms with Crippen molar-refractivity contribution in [2.24, 2.45) is 5.73 Å². The van der Waals surface area contributed by atoms with Gasteiger partial charge in [0.15, 0.2) is 5.69 Å². The molecule has 5 N–H and O–H groups in total. The second-order valence-electron chi connectivity index (χ2n) is 7.90. The number of para-hydroxylation sites is 1. The summed E-state index contributed by atoms with van der Waals surface area (Å²) in [5, 5.41) is 14.6. The van der Waals surface area contributed by atoms with Gasteiger partial charge in [-0.25, -0.2) is 9.78 Å². The normalized spacial score (nSPS) is 14.6. The molecule has 1 amide bonds. The lowest BCUT2D eigenvalue weighted by molar-refractivity contribution is 0.0698. The third-order valence-corrected chi connectivity index (χ3v) is 5.90. The number of amides is 1. The minimum Gasteiger partial charge on any atom is -0.478 e. The molecule has 5 rings (SSSR count). The topological polar surface area (TPSA) is 130 Å². The number of aromatic amines is 1. The van der Waals surface area contributed by atoms with Crippen LogP contribution in [0.15, 0.2) is 48.7 Å². The maximum absolute atomic E-state index is 12.0. The zero-order valence-electron chi connectivity index (χ0n) is 17.2. The average Bonchev–Trinajstić information content (AvgIpc) is 3.18. The van der Waals surface area contributed by atoms with E-state index in [9.17, 15) is 14.7 Å². The van der Waals surface area contributed by atoms with Gasteiger partial charge in [-0.2, -0.15) is 0 Å². The number of hydrogen-bond donors (Lipinski definition) is 4. The highest BCUT2D eigenvalue weighted by Gasteiger charge is 2.21. The minimum absolute atomic E-state index is 0.154. The van der Waals surface area contributed by atoms with Gasteiger partial charge in [0.1, 0.15) is 0 Å². The molecule has 1 saturated heterocycles. The number of carboxylic acid groups (broad SMARTS) is 1. The number of anilines is 1. The molecule has 162 valence electrons. The van der Waals surface area contributed by atoms with Gasteiger partial charge >= 0.3 is 5.97 Å². The second kappa shape index (κ2) is 7.97. The Morgan fingerprint density at radius 1 is 1.16 bits per heavy atom. The molecular formula is C24H22N4O4. The van der Waals surface area contributed by atoms with Crippen LogP contribution in [0.3, 0.4) is 0 Å². The number of carbonyl (C=O) groups is 2. The number of primary amides is 1. The number of hydrogen-bond acceptors (Lipinski definition) is 5. The van der Waals surface area contributed by atoms with Crippen LogP contribution in [0.25, 0.3) is 32.9 Å². The number of nitrogens with one attached hydrogen (secondary N) is 2. The van der Waals surface area contributed by atoms with Crippen molar-refractivity contribution in [1.29, 1.82) is 0 Å². The molecule has 4 aromatic rings. The van der Waals surface area contributed by atoms with E-state index >= 15 is 0 Å². The number of nitrogens with zero attached hydrogens (tertiary/aromatic N) is 1.